The highest BCUT2D eigenvalue weighted by Crippen LogP contribution is 2.55. The summed E-state index contributed by atoms with van der Waals surface area (Å²) in [5.74, 6) is 0. The highest BCUT2D eigenvalue weighted by molar-refractivity contribution is 6.21. The van der Waals surface area contributed by atoms with Gasteiger partial charge in [-0.3, -0.25) is 0 Å². The number of benzene rings is 10. The molecule has 0 saturated heterocycles. The molecule has 0 aromatic heterocycles. The topological polar surface area (TPSA) is 40.5 Å². The third-order valence-electron chi connectivity index (χ3n) is 12.1. The van der Waals surface area contributed by atoms with Gasteiger partial charge in [0, 0.05) is 0 Å². The van der Waals surface area contributed by atoms with Crippen LogP contribution in [-0.2, 0) is 11.2 Å². The first-order chi connectivity index (χ1) is 27.5. The van der Waals surface area contributed by atoms with Crippen molar-refractivity contribution in [1.29, 1.82) is 0 Å². The van der Waals surface area contributed by atoms with Gasteiger partial charge < -0.3 is 10.2 Å². The Labute approximate surface area is 325 Å². The summed E-state index contributed by atoms with van der Waals surface area (Å²) in [5.41, 5.74) is 5.40. The maximum absolute atomic E-state index is 13.7. The zero-order valence-electron chi connectivity index (χ0n) is 30.5. The molecule has 56 heavy (non-hydrogen) atoms. The third-order valence-corrected chi connectivity index (χ3v) is 12.1. The van der Waals surface area contributed by atoms with E-state index in [1.54, 1.807) is 0 Å². The van der Waals surface area contributed by atoms with Crippen LogP contribution in [0, 0.1) is 0 Å². The van der Waals surface area contributed by atoms with E-state index in [0.29, 0.717) is 22.3 Å². The normalized spacial score (nSPS) is 17.6. The molecule has 0 bridgehead atoms. The molecule has 2 atom stereocenters. The van der Waals surface area contributed by atoms with Crippen LogP contribution in [0.2, 0.25) is 0 Å². The number of fused-ring (bicyclic) bond motifs is 6. The summed E-state index contributed by atoms with van der Waals surface area (Å²) in [7, 11) is 0. The molecule has 0 fully saturated rings. The Bertz CT molecular complexity index is 3120. The van der Waals surface area contributed by atoms with Crippen molar-refractivity contribution in [1.82, 2.24) is 0 Å². The summed E-state index contributed by atoms with van der Waals surface area (Å²) in [6.45, 7) is 0. The first-order valence-electron chi connectivity index (χ1n) is 19.2. The molecule has 2 unspecified atom stereocenters. The lowest BCUT2D eigenvalue weighted by atomic mass is 9.63. The van der Waals surface area contributed by atoms with E-state index >= 15 is 0 Å². The molecular formula is C54H36O2. The molecule has 2 heteroatoms. The van der Waals surface area contributed by atoms with Gasteiger partial charge in [-0.05, 0) is 117 Å². The van der Waals surface area contributed by atoms with Gasteiger partial charge >= 0.3 is 0 Å². The van der Waals surface area contributed by atoms with Crippen molar-refractivity contribution in [3.8, 4) is 22.3 Å². The molecule has 264 valence electrons. The summed E-state index contributed by atoms with van der Waals surface area (Å²) in [6, 6.07) is 71.0. The Morgan fingerprint density at radius 2 is 0.661 bits per heavy atom. The summed E-state index contributed by atoms with van der Waals surface area (Å²) >= 11 is 0. The van der Waals surface area contributed by atoms with Gasteiger partial charge in [-0.15, -0.1) is 0 Å². The van der Waals surface area contributed by atoms with E-state index in [4.69, 9.17) is 0 Å². The Morgan fingerprint density at radius 1 is 0.268 bits per heavy atom. The molecule has 11 rings (SSSR count). The lowest BCUT2D eigenvalue weighted by Crippen LogP contribution is -2.44. The van der Waals surface area contributed by atoms with E-state index in [0.717, 1.165) is 65.3 Å². The minimum Gasteiger partial charge on any atom is -0.376 e. The van der Waals surface area contributed by atoms with Crippen molar-refractivity contribution < 1.29 is 10.2 Å². The monoisotopic (exact) mass is 716 g/mol. The van der Waals surface area contributed by atoms with Gasteiger partial charge in [0.25, 0.3) is 0 Å². The van der Waals surface area contributed by atoms with Gasteiger partial charge in [0.15, 0.2) is 0 Å². The van der Waals surface area contributed by atoms with Gasteiger partial charge in [0.05, 0.1) is 0 Å². The van der Waals surface area contributed by atoms with Gasteiger partial charge in [0.1, 0.15) is 11.2 Å². The van der Waals surface area contributed by atoms with E-state index in [9.17, 15) is 10.2 Å². The fourth-order valence-electron chi connectivity index (χ4n) is 9.52. The van der Waals surface area contributed by atoms with Crippen LogP contribution in [0.1, 0.15) is 33.4 Å². The second-order valence-electron chi connectivity index (χ2n) is 15.1. The summed E-state index contributed by atoms with van der Waals surface area (Å²) in [6.07, 6.45) is 0. The molecular weight excluding hydrogens is 681 g/mol. The second kappa shape index (κ2) is 12.3. The second-order valence-corrected chi connectivity index (χ2v) is 15.1. The molecule has 1 aliphatic rings. The van der Waals surface area contributed by atoms with Crippen molar-refractivity contribution >= 4 is 43.1 Å². The van der Waals surface area contributed by atoms with Crippen LogP contribution < -0.4 is 0 Å². The van der Waals surface area contributed by atoms with E-state index in [1.165, 1.54) is 11.1 Å². The summed E-state index contributed by atoms with van der Waals surface area (Å²) < 4.78 is 0. The molecule has 1 aliphatic carbocycles. The molecule has 0 spiro atoms. The first kappa shape index (κ1) is 32.6. The summed E-state index contributed by atoms with van der Waals surface area (Å²) in [5, 5.41) is 36.1. The lowest BCUT2D eigenvalue weighted by Gasteiger charge is -2.45. The molecule has 10 aromatic rings. The minimum atomic E-state index is -1.59. The van der Waals surface area contributed by atoms with Crippen LogP contribution in [0.5, 0.6) is 0 Å². The molecule has 0 heterocycles. The van der Waals surface area contributed by atoms with E-state index < -0.39 is 11.2 Å². The Morgan fingerprint density at radius 3 is 1.18 bits per heavy atom. The number of aliphatic hydroxyl groups is 2. The van der Waals surface area contributed by atoms with Crippen molar-refractivity contribution in [2.75, 3.05) is 0 Å². The molecule has 10 aromatic carbocycles. The number of hydrogen-bond donors (Lipinski definition) is 2. The Balaban J connectivity index is 1.25. The number of hydrogen-bond acceptors (Lipinski definition) is 2. The lowest BCUT2D eigenvalue weighted by molar-refractivity contribution is 0.0750. The van der Waals surface area contributed by atoms with Gasteiger partial charge in [-0.25, -0.2) is 0 Å². The van der Waals surface area contributed by atoms with Crippen LogP contribution in [0.15, 0.2) is 206 Å². The molecule has 0 amide bonds. The largest absolute Gasteiger partial charge is 0.376 e. The van der Waals surface area contributed by atoms with E-state index in [1.807, 2.05) is 60.7 Å². The Kier molecular flexibility index (Phi) is 7.18. The Hall–Kier alpha value is -6.84. The maximum Gasteiger partial charge on any atom is 0.141 e. The zero-order valence-corrected chi connectivity index (χ0v) is 30.5. The highest BCUT2D eigenvalue weighted by Gasteiger charge is 2.51. The predicted octanol–water partition coefficient (Wildman–Crippen LogP) is 12.5. The van der Waals surface area contributed by atoms with Crippen molar-refractivity contribution in [2.24, 2.45) is 0 Å². The van der Waals surface area contributed by atoms with Crippen LogP contribution in [0.3, 0.4) is 0 Å². The molecule has 0 aliphatic heterocycles. The van der Waals surface area contributed by atoms with Crippen molar-refractivity contribution in [3.05, 3.63) is 240 Å². The molecule has 2 nitrogen and oxygen atoms in total. The quantitative estimate of drug-likeness (QED) is 0.178. The first-order valence-corrected chi connectivity index (χ1v) is 19.2. The fourth-order valence-corrected chi connectivity index (χ4v) is 9.52. The van der Waals surface area contributed by atoms with Gasteiger partial charge in [-0.2, -0.15) is 0 Å². The zero-order chi connectivity index (χ0) is 37.4. The van der Waals surface area contributed by atoms with E-state index in [-0.39, 0.29) is 0 Å². The van der Waals surface area contributed by atoms with Gasteiger partial charge in [-0.1, -0.05) is 188 Å². The standard InChI is InChI=1S/C54H36O2/c55-53(41-29-26-35-14-4-6-18-38(35)32-41)47-24-12-13-25-48(47)54(56,42-30-27-36-15-5-7-19-39(36)33-42)50-34-40(28-31-49(50)53)52-45-22-10-8-20-43(45)51(37-16-2-1-3-17-37)44-21-9-11-23-46(44)52/h1-34,55-56H. The van der Waals surface area contributed by atoms with Crippen molar-refractivity contribution in [3.63, 3.8) is 0 Å². The molecule has 0 saturated carbocycles. The summed E-state index contributed by atoms with van der Waals surface area (Å²) in [4.78, 5) is 0. The van der Waals surface area contributed by atoms with E-state index in [2.05, 4.69) is 146 Å². The third kappa shape index (κ3) is 4.64. The van der Waals surface area contributed by atoms with Crippen LogP contribution in [0.25, 0.3) is 65.3 Å². The van der Waals surface area contributed by atoms with Crippen LogP contribution in [0.4, 0.5) is 0 Å². The average Bonchev–Trinajstić information content (AvgIpc) is 3.27. The maximum atomic E-state index is 13.7. The van der Waals surface area contributed by atoms with Crippen LogP contribution >= 0.6 is 0 Å². The van der Waals surface area contributed by atoms with Gasteiger partial charge in [0.2, 0.25) is 0 Å². The fraction of sp³-hybridized carbons (Fsp3) is 0.0370. The average molecular weight is 717 g/mol. The minimum absolute atomic E-state index is 0.653. The van der Waals surface area contributed by atoms with Crippen molar-refractivity contribution in [2.45, 2.75) is 11.2 Å². The highest BCUT2D eigenvalue weighted by atomic mass is 16.3. The smallest absolute Gasteiger partial charge is 0.141 e. The number of rotatable bonds is 4. The van der Waals surface area contributed by atoms with Crippen LogP contribution in [-0.4, -0.2) is 10.2 Å². The molecule has 2 N–H and O–H groups in total. The SMILES string of the molecule is OC1(c2ccc3ccccc3c2)c2ccccc2C(O)(c2ccc3ccccc3c2)c2cc(-c3c4ccccc4c(-c4ccccc4)c4ccccc34)ccc21. The molecule has 0 radical (unpaired) electrons. The predicted molar refractivity (Wildman–Crippen MR) is 231 cm³/mol.